The molecule has 3 rings (SSSR count). The molecule has 0 spiro atoms. The van der Waals surface area contributed by atoms with Crippen molar-refractivity contribution in [2.45, 2.75) is 39.8 Å². The molecule has 1 aliphatic rings. The molecule has 0 aliphatic carbocycles. The van der Waals surface area contributed by atoms with Gasteiger partial charge >= 0.3 is 0 Å². The van der Waals surface area contributed by atoms with E-state index >= 15 is 0 Å². The Balaban J connectivity index is 1.75. The summed E-state index contributed by atoms with van der Waals surface area (Å²) >= 11 is 0. The minimum atomic E-state index is 0.168. The van der Waals surface area contributed by atoms with E-state index in [0.29, 0.717) is 6.04 Å². The first-order valence-corrected chi connectivity index (χ1v) is 8.07. The Morgan fingerprint density at radius 2 is 1.86 bits per heavy atom. The van der Waals surface area contributed by atoms with Gasteiger partial charge in [-0.3, -0.25) is 0 Å². The summed E-state index contributed by atoms with van der Waals surface area (Å²) in [6.45, 7) is 8.56. The summed E-state index contributed by atoms with van der Waals surface area (Å²) in [5.41, 5.74) is 4.18. The highest BCUT2D eigenvalue weighted by Gasteiger charge is 2.25. The third kappa shape index (κ3) is 3.33. The Morgan fingerprint density at radius 3 is 2.59 bits per heavy atom. The summed E-state index contributed by atoms with van der Waals surface area (Å²) in [6.07, 6.45) is 1.03. The van der Waals surface area contributed by atoms with E-state index in [-0.39, 0.29) is 5.41 Å². The van der Waals surface area contributed by atoms with Crippen LogP contribution in [0.5, 0.6) is 5.75 Å². The normalized spacial score (nSPS) is 15.2. The molecule has 0 bridgehead atoms. The number of rotatable bonds is 4. The van der Waals surface area contributed by atoms with E-state index in [9.17, 15) is 0 Å². The molecule has 2 heteroatoms. The topological polar surface area (TPSA) is 21.3 Å². The van der Waals surface area contributed by atoms with Crippen LogP contribution in [0.2, 0.25) is 0 Å². The van der Waals surface area contributed by atoms with Crippen LogP contribution < -0.4 is 10.1 Å². The predicted molar refractivity (Wildman–Crippen MR) is 91.1 cm³/mol. The van der Waals surface area contributed by atoms with Crippen molar-refractivity contribution in [2.24, 2.45) is 5.41 Å². The maximum Gasteiger partial charge on any atom is 0.122 e. The van der Waals surface area contributed by atoms with Gasteiger partial charge in [-0.2, -0.15) is 0 Å². The molecule has 0 amide bonds. The van der Waals surface area contributed by atoms with Crippen LogP contribution in [0.1, 0.15) is 43.5 Å². The number of benzene rings is 2. The van der Waals surface area contributed by atoms with Crippen molar-refractivity contribution in [3.8, 4) is 5.75 Å². The lowest BCUT2D eigenvalue weighted by Gasteiger charge is -2.32. The summed E-state index contributed by atoms with van der Waals surface area (Å²) in [5, 5.41) is 3.74. The van der Waals surface area contributed by atoms with Gasteiger partial charge in [-0.05, 0) is 28.2 Å². The number of fused-ring (bicyclic) bond motifs is 1. The average molecular weight is 295 g/mol. The monoisotopic (exact) mass is 295 g/mol. The SMILES string of the molecule is CC(C)(C)C(NCc1ccc2c(c1)CCO2)c1ccccc1. The largest absolute Gasteiger partial charge is 0.493 e. The second kappa shape index (κ2) is 6.13. The van der Waals surface area contributed by atoms with Crippen LogP contribution in [0.25, 0.3) is 0 Å². The fourth-order valence-electron chi connectivity index (χ4n) is 3.14. The van der Waals surface area contributed by atoms with Crippen LogP contribution in [-0.4, -0.2) is 6.61 Å². The highest BCUT2D eigenvalue weighted by atomic mass is 16.5. The van der Waals surface area contributed by atoms with E-state index in [1.165, 1.54) is 16.7 Å². The van der Waals surface area contributed by atoms with Crippen molar-refractivity contribution < 1.29 is 4.74 Å². The zero-order valence-electron chi connectivity index (χ0n) is 13.7. The molecule has 0 saturated carbocycles. The minimum absolute atomic E-state index is 0.168. The van der Waals surface area contributed by atoms with Crippen LogP contribution >= 0.6 is 0 Å². The lowest BCUT2D eigenvalue weighted by atomic mass is 9.82. The van der Waals surface area contributed by atoms with E-state index in [1.807, 2.05) is 0 Å². The zero-order chi connectivity index (χ0) is 15.6. The molecule has 22 heavy (non-hydrogen) atoms. The van der Waals surface area contributed by atoms with Gasteiger partial charge in [0.1, 0.15) is 5.75 Å². The van der Waals surface area contributed by atoms with Crippen LogP contribution in [0.3, 0.4) is 0 Å². The van der Waals surface area contributed by atoms with Crippen molar-refractivity contribution in [2.75, 3.05) is 6.61 Å². The van der Waals surface area contributed by atoms with Crippen LogP contribution in [0.4, 0.5) is 0 Å². The highest BCUT2D eigenvalue weighted by molar-refractivity contribution is 5.39. The molecule has 2 nitrogen and oxygen atoms in total. The van der Waals surface area contributed by atoms with Gasteiger partial charge in [-0.15, -0.1) is 0 Å². The van der Waals surface area contributed by atoms with Gasteiger partial charge in [0, 0.05) is 19.0 Å². The molecule has 1 atom stereocenters. The molecular formula is C20H25NO. The van der Waals surface area contributed by atoms with Gasteiger partial charge in [0.05, 0.1) is 6.61 Å². The molecule has 1 heterocycles. The van der Waals surface area contributed by atoms with Gasteiger partial charge in [-0.1, -0.05) is 63.2 Å². The molecule has 2 aromatic rings. The van der Waals surface area contributed by atoms with E-state index in [0.717, 1.165) is 25.3 Å². The second-order valence-electron chi connectivity index (χ2n) is 7.13. The first-order chi connectivity index (χ1) is 10.5. The summed E-state index contributed by atoms with van der Waals surface area (Å²) in [4.78, 5) is 0. The zero-order valence-corrected chi connectivity index (χ0v) is 13.7. The second-order valence-corrected chi connectivity index (χ2v) is 7.13. The van der Waals surface area contributed by atoms with Crippen molar-refractivity contribution in [3.05, 3.63) is 65.2 Å². The molecule has 1 aliphatic heterocycles. The van der Waals surface area contributed by atoms with Gasteiger partial charge < -0.3 is 10.1 Å². The lowest BCUT2D eigenvalue weighted by Crippen LogP contribution is -2.32. The first-order valence-electron chi connectivity index (χ1n) is 8.07. The minimum Gasteiger partial charge on any atom is -0.493 e. The third-order valence-corrected chi connectivity index (χ3v) is 4.26. The van der Waals surface area contributed by atoms with E-state index in [2.05, 4.69) is 74.6 Å². The first kappa shape index (κ1) is 15.1. The van der Waals surface area contributed by atoms with Gasteiger partial charge in [0.15, 0.2) is 0 Å². The van der Waals surface area contributed by atoms with Crippen LogP contribution in [0.15, 0.2) is 48.5 Å². The number of nitrogens with one attached hydrogen (secondary N) is 1. The lowest BCUT2D eigenvalue weighted by molar-refractivity contribution is 0.271. The molecular weight excluding hydrogens is 270 g/mol. The molecule has 116 valence electrons. The van der Waals surface area contributed by atoms with Crippen LogP contribution in [0, 0.1) is 5.41 Å². The summed E-state index contributed by atoms with van der Waals surface area (Å²) in [7, 11) is 0. The Kier molecular flexibility index (Phi) is 4.21. The summed E-state index contributed by atoms with van der Waals surface area (Å²) < 4.78 is 5.58. The Labute approximate surface area is 133 Å². The smallest absolute Gasteiger partial charge is 0.122 e. The maximum absolute atomic E-state index is 5.58. The molecule has 0 fully saturated rings. The average Bonchev–Trinajstić information content (AvgIpc) is 2.95. The standard InChI is InChI=1S/C20H25NO/c1-20(2,3)19(16-7-5-4-6-8-16)21-14-15-9-10-18-17(13-15)11-12-22-18/h4-10,13,19,21H,11-12,14H2,1-3H3. The fourth-order valence-corrected chi connectivity index (χ4v) is 3.14. The van der Waals surface area contributed by atoms with Gasteiger partial charge in [0.25, 0.3) is 0 Å². The van der Waals surface area contributed by atoms with E-state index < -0.39 is 0 Å². The van der Waals surface area contributed by atoms with Crippen molar-refractivity contribution in [3.63, 3.8) is 0 Å². The Bertz CT molecular complexity index is 628. The molecule has 0 radical (unpaired) electrons. The third-order valence-electron chi connectivity index (χ3n) is 4.26. The van der Waals surface area contributed by atoms with Crippen molar-refractivity contribution in [1.82, 2.24) is 5.32 Å². The number of ether oxygens (including phenoxy) is 1. The number of hydrogen-bond acceptors (Lipinski definition) is 2. The molecule has 0 saturated heterocycles. The molecule has 1 unspecified atom stereocenters. The Hall–Kier alpha value is -1.80. The quantitative estimate of drug-likeness (QED) is 0.896. The molecule has 1 N–H and O–H groups in total. The predicted octanol–water partition coefficient (Wildman–Crippen LogP) is 4.50. The van der Waals surface area contributed by atoms with E-state index in [4.69, 9.17) is 4.74 Å². The van der Waals surface area contributed by atoms with Crippen LogP contribution in [-0.2, 0) is 13.0 Å². The fraction of sp³-hybridized carbons (Fsp3) is 0.400. The summed E-state index contributed by atoms with van der Waals surface area (Å²) in [5.74, 6) is 1.05. The maximum atomic E-state index is 5.58. The molecule has 2 aromatic carbocycles. The van der Waals surface area contributed by atoms with Crippen molar-refractivity contribution >= 4 is 0 Å². The van der Waals surface area contributed by atoms with E-state index in [1.54, 1.807) is 0 Å². The Morgan fingerprint density at radius 1 is 1.09 bits per heavy atom. The number of hydrogen-bond donors (Lipinski definition) is 1. The van der Waals surface area contributed by atoms with Gasteiger partial charge in [0.2, 0.25) is 0 Å². The van der Waals surface area contributed by atoms with Gasteiger partial charge in [-0.25, -0.2) is 0 Å². The van der Waals surface area contributed by atoms with Crippen molar-refractivity contribution in [1.29, 1.82) is 0 Å². The summed E-state index contributed by atoms with van der Waals surface area (Å²) in [6, 6.07) is 17.6. The highest BCUT2D eigenvalue weighted by Crippen LogP contribution is 2.33. The molecule has 0 aromatic heterocycles.